The molecule has 0 N–H and O–H groups in total. The van der Waals surface area contributed by atoms with Crippen molar-refractivity contribution in [3.63, 3.8) is 0 Å². The lowest BCUT2D eigenvalue weighted by Crippen LogP contribution is -2.17. The Bertz CT molecular complexity index is 324. The van der Waals surface area contributed by atoms with Crippen LogP contribution in [0.2, 0.25) is 0 Å². The van der Waals surface area contributed by atoms with Crippen LogP contribution >= 0.6 is 0 Å². The van der Waals surface area contributed by atoms with Gasteiger partial charge in [0.2, 0.25) is 5.95 Å². The van der Waals surface area contributed by atoms with Gasteiger partial charge in [-0.1, -0.05) is 0 Å². The van der Waals surface area contributed by atoms with E-state index >= 15 is 0 Å². The molecule has 0 aliphatic carbocycles. The molecule has 0 aromatic carbocycles. The average molecular weight is 213 g/mol. The first-order chi connectivity index (χ1) is 6.40. The van der Waals surface area contributed by atoms with E-state index < -0.39 is 30.4 Å². The summed E-state index contributed by atoms with van der Waals surface area (Å²) in [5.74, 6) is -2.04. The van der Waals surface area contributed by atoms with Gasteiger partial charge in [-0.15, -0.1) is 13.2 Å². The Labute approximate surface area is 75.3 Å². The summed E-state index contributed by atoms with van der Waals surface area (Å²) < 4.78 is 62.7. The molecule has 1 rings (SSSR count). The molecule has 78 valence electrons. The molecule has 0 radical (unpaired) electrons. The van der Waals surface area contributed by atoms with Crippen molar-refractivity contribution in [2.45, 2.75) is 13.0 Å². The van der Waals surface area contributed by atoms with Crippen molar-refractivity contribution in [3.8, 4) is 5.75 Å². The Hall–Kier alpha value is -1.40. The first-order valence-corrected chi connectivity index (χ1v) is 3.39. The molecule has 2 nitrogen and oxygen atoms in total. The molecule has 1 aromatic rings. The van der Waals surface area contributed by atoms with Crippen LogP contribution in [0.4, 0.5) is 22.0 Å². The van der Waals surface area contributed by atoms with Crippen molar-refractivity contribution in [1.82, 2.24) is 4.98 Å². The Balaban J connectivity index is 2.92. The minimum Gasteiger partial charge on any atom is -0.406 e. The largest absolute Gasteiger partial charge is 0.573 e. The van der Waals surface area contributed by atoms with Gasteiger partial charge in [0, 0.05) is 12.1 Å². The van der Waals surface area contributed by atoms with Crippen LogP contribution < -0.4 is 4.74 Å². The second-order valence-electron chi connectivity index (χ2n) is 2.30. The molecule has 0 saturated carbocycles. The SMILES string of the molecule is FCc1cc(OC(F)(F)F)cc(F)n1. The van der Waals surface area contributed by atoms with Crippen molar-refractivity contribution in [2.24, 2.45) is 0 Å². The molecular weight excluding hydrogens is 209 g/mol. The molecule has 7 heteroatoms. The van der Waals surface area contributed by atoms with Crippen LogP contribution in [-0.2, 0) is 6.67 Å². The van der Waals surface area contributed by atoms with Crippen LogP contribution in [-0.4, -0.2) is 11.3 Å². The fourth-order valence-electron chi connectivity index (χ4n) is 0.786. The Morgan fingerprint density at radius 3 is 2.43 bits per heavy atom. The number of halogens is 5. The summed E-state index contributed by atoms with van der Waals surface area (Å²) in [5, 5.41) is 0. The van der Waals surface area contributed by atoms with Crippen molar-refractivity contribution >= 4 is 0 Å². The van der Waals surface area contributed by atoms with Crippen LogP contribution in [0.15, 0.2) is 12.1 Å². The predicted molar refractivity (Wildman–Crippen MR) is 35.7 cm³/mol. The zero-order chi connectivity index (χ0) is 10.8. The van der Waals surface area contributed by atoms with Gasteiger partial charge in [0.25, 0.3) is 0 Å². The summed E-state index contributed by atoms with van der Waals surface area (Å²) in [6, 6.07) is 1.10. The van der Waals surface area contributed by atoms with Gasteiger partial charge in [-0.25, -0.2) is 9.37 Å². The van der Waals surface area contributed by atoms with Gasteiger partial charge < -0.3 is 4.74 Å². The fraction of sp³-hybridized carbons (Fsp3) is 0.286. The number of rotatable bonds is 2. The third-order valence-electron chi connectivity index (χ3n) is 1.19. The van der Waals surface area contributed by atoms with E-state index in [0.717, 1.165) is 0 Å². The maximum atomic E-state index is 12.5. The summed E-state index contributed by atoms with van der Waals surface area (Å²) >= 11 is 0. The van der Waals surface area contributed by atoms with Crippen LogP contribution in [0.5, 0.6) is 5.75 Å². The molecule has 0 atom stereocenters. The van der Waals surface area contributed by atoms with Gasteiger partial charge in [-0.05, 0) is 0 Å². The summed E-state index contributed by atoms with van der Waals surface area (Å²) in [4.78, 5) is 2.99. The first kappa shape index (κ1) is 10.7. The van der Waals surface area contributed by atoms with Crippen LogP contribution in [0.1, 0.15) is 5.69 Å². The number of aromatic nitrogens is 1. The standard InChI is InChI=1S/C7H4F5NO/c8-3-4-1-5(2-6(9)13-4)14-7(10,11)12/h1-2H,3H2. The number of hydrogen-bond donors (Lipinski definition) is 0. The number of ether oxygens (including phenoxy) is 1. The van der Waals surface area contributed by atoms with E-state index in [2.05, 4.69) is 9.72 Å². The van der Waals surface area contributed by atoms with Gasteiger partial charge in [0.15, 0.2) is 0 Å². The zero-order valence-corrected chi connectivity index (χ0v) is 6.61. The molecule has 1 aromatic heterocycles. The highest BCUT2D eigenvalue weighted by Gasteiger charge is 2.31. The number of alkyl halides is 4. The molecule has 0 aliphatic rings. The van der Waals surface area contributed by atoms with Gasteiger partial charge >= 0.3 is 6.36 Å². The molecule has 0 spiro atoms. The van der Waals surface area contributed by atoms with E-state index in [1.165, 1.54) is 0 Å². The summed E-state index contributed by atoms with van der Waals surface area (Å²) in [7, 11) is 0. The van der Waals surface area contributed by atoms with Gasteiger partial charge in [0.1, 0.15) is 12.4 Å². The van der Waals surface area contributed by atoms with Crippen molar-refractivity contribution in [1.29, 1.82) is 0 Å². The molecule has 0 fully saturated rings. The number of pyridine rings is 1. The van der Waals surface area contributed by atoms with E-state index in [9.17, 15) is 22.0 Å². The average Bonchev–Trinajstić information content (AvgIpc) is 1.99. The van der Waals surface area contributed by atoms with E-state index in [0.29, 0.717) is 12.1 Å². The second kappa shape index (κ2) is 3.77. The van der Waals surface area contributed by atoms with Crippen molar-refractivity contribution in [2.75, 3.05) is 0 Å². The second-order valence-corrected chi connectivity index (χ2v) is 2.30. The zero-order valence-electron chi connectivity index (χ0n) is 6.61. The monoisotopic (exact) mass is 213 g/mol. The Kier molecular flexibility index (Phi) is 2.87. The minimum absolute atomic E-state index is 0.423. The lowest BCUT2D eigenvalue weighted by molar-refractivity contribution is -0.274. The Morgan fingerprint density at radius 2 is 1.93 bits per heavy atom. The highest BCUT2D eigenvalue weighted by Crippen LogP contribution is 2.23. The maximum absolute atomic E-state index is 12.5. The van der Waals surface area contributed by atoms with Crippen LogP contribution in [0.3, 0.4) is 0 Å². The fourth-order valence-corrected chi connectivity index (χ4v) is 0.786. The van der Waals surface area contributed by atoms with E-state index in [1.807, 2.05) is 0 Å². The molecular formula is C7H4F5NO. The minimum atomic E-state index is -4.93. The summed E-state index contributed by atoms with van der Waals surface area (Å²) in [6.07, 6.45) is -4.93. The normalized spacial score (nSPS) is 11.5. The lowest BCUT2D eigenvalue weighted by atomic mass is 10.3. The molecule has 0 aliphatic heterocycles. The topological polar surface area (TPSA) is 22.1 Å². The molecule has 1 heterocycles. The summed E-state index contributed by atoms with van der Waals surface area (Å²) in [6.45, 7) is -1.16. The third-order valence-corrected chi connectivity index (χ3v) is 1.19. The number of hydrogen-bond acceptors (Lipinski definition) is 2. The highest BCUT2D eigenvalue weighted by atomic mass is 19.4. The number of nitrogens with zero attached hydrogens (tertiary/aromatic N) is 1. The quantitative estimate of drug-likeness (QED) is 0.556. The molecule has 0 bridgehead atoms. The van der Waals surface area contributed by atoms with E-state index in [4.69, 9.17) is 0 Å². The van der Waals surface area contributed by atoms with E-state index in [1.54, 1.807) is 0 Å². The van der Waals surface area contributed by atoms with Crippen LogP contribution in [0, 0.1) is 5.95 Å². The molecule has 0 amide bonds. The summed E-state index contributed by atoms with van der Waals surface area (Å²) in [5.41, 5.74) is -0.454. The van der Waals surface area contributed by atoms with E-state index in [-0.39, 0.29) is 0 Å². The molecule has 14 heavy (non-hydrogen) atoms. The smallest absolute Gasteiger partial charge is 0.406 e. The lowest BCUT2D eigenvalue weighted by Gasteiger charge is -2.08. The molecule has 0 saturated heterocycles. The Morgan fingerprint density at radius 1 is 1.29 bits per heavy atom. The predicted octanol–water partition coefficient (Wildman–Crippen LogP) is 2.59. The van der Waals surface area contributed by atoms with Crippen molar-refractivity contribution < 1.29 is 26.7 Å². The first-order valence-electron chi connectivity index (χ1n) is 3.39. The van der Waals surface area contributed by atoms with Crippen molar-refractivity contribution in [3.05, 3.63) is 23.8 Å². The van der Waals surface area contributed by atoms with Gasteiger partial charge in [-0.2, -0.15) is 4.39 Å². The maximum Gasteiger partial charge on any atom is 0.573 e. The van der Waals surface area contributed by atoms with Gasteiger partial charge in [0.05, 0.1) is 5.69 Å². The third kappa shape index (κ3) is 3.15. The van der Waals surface area contributed by atoms with Crippen LogP contribution in [0.25, 0.3) is 0 Å². The van der Waals surface area contributed by atoms with Gasteiger partial charge in [-0.3, -0.25) is 0 Å². The highest BCUT2D eigenvalue weighted by molar-refractivity contribution is 5.23. The molecule has 0 unspecified atom stereocenters.